The fourth-order valence-corrected chi connectivity index (χ4v) is 11.5. The smallest absolute Gasteiger partial charge is 0.235 e. The molecule has 3 aliphatic heterocycles. The van der Waals surface area contributed by atoms with E-state index in [2.05, 4.69) is 45.2 Å². The van der Waals surface area contributed by atoms with Gasteiger partial charge in [-0.15, -0.1) is 0 Å². The maximum atomic E-state index is 16.4. The minimum Gasteiger partial charge on any atom is -0.485 e. The topological polar surface area (TPSA) is 120 Å². The molecule has 10 atom stereocenters. The summed E-state index contributed by atoms with van der Waals surface area (Å²) in [5, 5.41) is 15.1. The number of hydrogen-bond acceptors (Lipinski definition) is 8. The van der Waals surface area contributed by atoms with E-state index in [1.807, 2.05) is 105 Å². The van der Waals surface area contributed by atoms with Crippen molar-refractivity contribution >= 4 is 17.5 Å². The zero-order valence-electron chi connectivity index (χ0n) is 37.1. The third kappa shape index (κ3) is 7.41. The number of carbonyl (C=O) groups is 3. The number of carbonyl (C=O) groups excluding carboxylic acids is 3. The highest BCUT2D eigenvalue weighted by atomic mass is 16.5. The third-order valence-corrected chi connectivity index (χ3v) is 14.5. The molecule has 4 aromatic carbocycles. The molecule has 3 heterocycles. The van der Waals surface area contributed by atoms with Gasteiger partial charge in [-0.3, -0.25) is 14.4 Å². The Labute approximate surface area is 370 Å². The molecule has 1 unspecified atom stereocenters. The quantitative estimate of drug-likeness (QED) is 0.113. The van der Waals surface area contributed by atoms with Gasteiger partial charge in [0.25, 0.3) is 0 Å². The highest BCUT2D eigenvalue weighted by Crippen LogP contribution is 2.67. The number of rotatable bonds is 11. The molecule has 9 heteroatoms. The fourth-order valence-electron chi connectivity index (χ4n) is 11.5. The summed E-state index contributed by atoms with van der Waals surface area (Å²) in [4.78, 5) is 46.5. The van der Waals surface area contributed by atoms with Crippen LogP contribution in [0.1, 0.15) is 99.5 Å². The van der Waals surface area contributed by atoms with E-state index in [-0.39, 0.29) is 61.7 Å². The zero-order chi connectivity index (χ0) is 44.2. The van der Waals surface area contributed by atoms with Gasteiger partial charge in [-0.25, -0.2) is 0 Å². The van der Waals surface area contributed by atoms with Gasteiger partial charge in [-0.1, -0.05) is 135 Å². The SMILES string of the molecule is CC1=C[C@@H]2/C=C(\C)CC[C@@H](O)C(=O)[C@H]3[C@H](C(=O)[C@]24C(=O)N[C@@H](CC(C)C)C4[C@@H]1C)[C@H]1O[C@@H]3c2c(C)c(OCc3ccccc3)c(OCc3ccccc3)c(OCc3ccccc3)c21. The second-order valence-corrected chi connectivity index (χ2v) is 19.0. The lowest BCUT2D eigenvalue weighted by Crippen LogP contribution is -2.56. The molecule has 9 nitrogen and oxygen atoms in total. The second-order valence-electron chi connectivity index (χ2n) is 19.0. The number of benzene rings is 4. The molecule has 2 fully saturated rings. The van der Waals surface area contributed by atoms with Crippen LogP contribution in [0.4, 0.5) is 0 Å². The fraction of sp³-hybridized carbons (Fsp3) is 0.426. The van der Waals surface area contributed by atoms with Gasteiger partial charge in [0.05, 0.1) is 24.0 Å². The molecular formula is C54H59NO8. The van der Waals surface area contributed by atoms with Gasteiger partial charge in [0.1, 0.15) is 31.3 Å². The molecule has 0 saturated carbocycles. The summed E-state index contributed by atoms with van der Waals surface area (Å²) in [6.45, 7) is 13.0. The summed E-state index contributed by atoms with van der Waals surface area (Å²) in [5.74, 6) is -2.75. The molecule has 2 saturated heterocycles. The molecule has 4 aromatic rings. The highest BCUT2D eigenvalue weighted by molar-refractivity contribution is 6.12. The first kappa shape index (κ1) is 42.8. The molecular weight excluding hydrogens is 791 g/mol. The van der Waals surface area contributed by atoms with Crippen LogP contribution in [-0.4, -0.2) is 34.7 Å². The van der Waals surface area contributed by atoms with Crippen LogP contribution in [0.25, 0.3) is 0 Å². The van der Waals surface area contributed by atoms with Crippen molar-refractivity contribution in [3.05, 3.63) is 148 Å². The van der Waals surface area contributed by atoms with Crippen molar-refractivity contribution in [2.24, 2.45) is 40.9 Å². The predicted octanol–water partition coefficient (Wildman–Crippen LogP) is 9.69. The van der Waals surface area contributed by atoms with E-state index >= 15 is 9.59 Å². The summed E-state index contributed by atoms with van der Waals surface area (Å²) in [6, 6.07) is 29.3. The molecule has 2 aliphatic carbocycles. The molecule has 2 bridgehead atoms. The third-order valence-electron chi connectivity index (χ3n) is 14.5. The van der Waals surface area contributed by atoms with E-state index in [1.54, 1.807) is 0 Å². The predicted molar refractivity (Wildman–Crippen MR) is 240 cm³/mol. The van der Waals surface area contributed by atoms with E-state index in [4.69, 9.17) is 18.9 Å². The maximum Gasteiger partial charge on any atom is 0.235 e. The number of Topliss-reactive ketones (excluding diaryl/α,β-unsaturated/α-hetero) is 2. The summed E-state index contributed by atoms with van der Waals surface area (Å²) in [5.41, 5.74) is 5.38. The number of allylic oxidation sites excluding steroid dienone is 4. The van der Waals surface area contributed by atoms with E-state index in [1.165, 1.54) is 0 Å². The molecule has 63 heavy (non-hydrogen) atoms. The Kier molecular flexibility index (Phi) is 11.7. The van der Waals surface area contributed by atoms with Gasteiger partial charge in [-0.05, 0) is 74.1 Å². The van der Waals surface area contributed by atoms with Crippen molar-refractivity contribution in [3.8, 4) is 17.2 Å². The van der Waals surface area contributed by atoms with Gasteiger partial charge in [0, 0.05) is 29.0 Å². The number of amides is 1. The van der Waals surface area contributed by atoms with Crippen LogP contribution in [0.2, 0.25) is 0 Å². The normalized spacial score (nSPS) is 30.5. The van der Waals surface area contributed by atoms with Gasteiger partial charge in [0.15, 0.2) is 23.1 Å². The summed E-state index contributed by atoms with van der Waals surface area (Å²) < 4.78 is 27.5. The summed E-state index contributed by atoms with van der Waals surface area (Å²) in [6.07, 6.45) is 2.27. The first-order chi connectivity index (χ1) is 30.4. The van der Waals surface area contributed by atoms with Crippen molar-refractivity contribution in [3.63, 3.8) is 0 Å². The molecule has 2 N–H and O–H groups in total. The first-order valence-electron chi connectivity index (χ1n) is 22.7. The van der Waals surface area contributed by atoms with Gasteiger partial charge >= 0.3 is 0 Å². The maximum absolute atomic E-state index is 16.4. The van der Waals surface area contributed by atoms with Crippen LogP contribution in [0, 0.1) is 47.8 Å². The number of fused-ring (bicyclic) bond motifs is 8. The van der Waals surface area contributed by atoms with E-state index in [0.29, 0.717) is 46.8 Å². The molecule has 0 radical (unpaired) electrons. The Morgan fingerprint density at radius 1 is 0.730 bits per heavy atom. The minimum absolute atomic E-state index is 0.0902. The van der Waals surface area contributed by atoms with Crippen molar-refractivity contribution < 1.29 is 38.4 Å². The minimum atomic E-state index is -1.52. The number of hydrogen-bond donors (Lipinski definition) is 2. The Hall–Kier alpha value is -5.51. The first-order valence-corrected chi connectivity index (χ1v) is 22.7. The highest BCUT2D eigenvalue weighted by Gasteiger charge is 2.71. The van der Waals surface area contributed by atoms with Gasteiger partial charge in [0.2, 0.25) is 11.7 Å². The van der Waals surface area contributed by atoms with Crippen LogP contribution >= 0.6 is 0 Å². The summed E-state index contributed by atoms with van der Waals surface area (Å²) in [7, 11) is 0. The average Bonchev–Trinajstić information content (AvgIpc) is 3.94. The number of aliphatic hydroxyl groups is 1. The van der Waals surface area contributed by atoms with Crippen LogP contribution in [-0.2, 0) is 38.9 Å². The molecule has 328 valence electrons. The van der Waals surface area contributed by atoms with Crippen molar-refractivity contribution in [1.82, 2.24) is 5.32 Å². The molecule has 0 aromatic heterocycles. The van der Waals surface area contributed by atoms with E-state index in [9.17, 15) is 9.90 Å². The number of aliphatic hydroxyl groups excluding tert-OH is 1. The van der Waals surface area contributed by atoms with Gasteiger partial charge in [-0.2, -0.15) is 0 Å². The zero-order valence-corrected chi connectivity index (χ0v) is 37.1. The Morgan fingerprint density at radius 2 is 1.27 bits per heavy atom. The standard InChI is InChI=1S/C54H59NO8/c1-30(2)24-39-45-33(5)32(4)26-38-25-31(3)22-23-40(56)46(57)42-44(52(58)54(38,45)53(59)55-39)49-43-41(48(42)63-49)34(6)47(60-27-35-16-10-7-11-17-35)51(62-29-37-20-14-9-15-21-37)50(43)61-28-36-18-12-8-13-19-36/h7-21,25-26,30,33,38-40,42,44-45,48-49,56H,22-24,27-29H2,1-6H3,(H,55,59)/b31-25+/t33-,38+,39+,40-,42-,44+,45?,48-,49+,54+/m1/s1. The molecule has 1 amide bonds. The Balaban J connectivity index is 1.26. The monoisotopic (exact) mass is 849 g/mol. The molecule has 1 spiro atoms. The number of nitrogens with one attached hydrogen (secondary N) is 1. The number of ether oxygens (including phenoxy) is 4. The van der Waals surface area contributed by atoms with Crippen LogP contribution in [0.3, 0.4) is 0 Å². The Morgan fingerprint density at radius 3 is 1.84 bits per heavy atom. The van der Waals surface area contributed by atoms with Crippen LogP contribution < -0.4 is 19.5 Å². The lowest BCUT2D eigenvalue weighted by Gasteiger charge is -2.47. The van der Waals surface area contributed by atoms with E-state index in [0.717, 1.165) is 27.8 Å². The summed E-state index contributed by atoms with van der Waals surface area (Å²) >= 11 is 0. The lowest BCUT2D eigenvalue weighted by molar-refractivity contribution is -0.152. The van der Waals surface area contributed by atoms with Crippen LogP contribution in [0.15, 0.2) is 114 Å². The molecule has 9 rings (SSSR count). The second kappa shape index (κ2) is 17.2. The Bertz CT molecular complexity index is 2440. The molecule has 5 aliphatic rings. The average molecular weight is 850 g/mol. The number of ketones is 2. The van der Waals surface area contributed by atoms with Crippen molar-refractivity contribution in [2.45, 2.75) is 105 Å². The van der Waals surface area contributed by atoms with Crippen molar-refractivity contribution in [2.75, 3.05) is 0 Å². The van der Waals surface area contributed by atoms with Gasteiger partial charge < -0.3 is 29.4 Å². The van der Waals surface area contributed by atoms with Crippen molar-refractivity contribution in [1.29, 1.82) is 0 Å². The van der Waals surface area contributed by atoms with E-state index < -0.39 is 47.3 Å². The van der Waals surface area contributed by atoms with Crippen LogP contribution in [0.5, 0.6) is 17.2 Å². The largest absolute Gasteiger partial charge is 0.485 e. The lowest BCUT2D eigenvalue weighted by atomic mass is 9.51.